The number of hydrogen-bond donors (Lipinski definition) is 8. The molecule has 0 fully saturated rings. The molecule has 0 unspecified atom stereocenters. The number of hydrogen-bond acceptors (Lipinski definition) is 6. The van der Waals surface area contributed by atoms with Gasteiger partial charge in [0, 0.05) is 53.5 Å². The molecular weight excluding hydrogens is 569 g/mol. The fraction of sp³-hybridized carbons (Fsp3) is 1.00. The first-order valence-corrected chi connectivity index (χ1v) is 13.2. The summed E-state index contributed by atoms with van der Waals surface area (Å²) >= 11 is 0. The Labute approximate surface area is 175 Å². The van der Waals surface area contributed by atoms with E-state index in [0.29, 0.717) is 9.80 Å². The van der Waals surface area contributed by atoms with Crippen LogP contribution in [-0.4, -0.2) is 87.2 Å². The predicted octanol–water partition coefficient (Wildman–Crippen LogP) is -1.87. The molecule has 0 bridgehead atoms. The smallest absolute Gasteiger partial charge is 0.324 e. The molecule has 0 aromatic rings. The van der Waals surface area contributed by atoms with Gasteiger partial charge < -0.3 is 39.1 Å². The molecule has 14 nitrogen and oxygen atoms in total. The van der Waals surface area contributed by atoms with Crippen LogP contribution in [0.5, 0.6) is 0 Å². The van der Waals surface area contributed by atoms with Crippen LogP contribution in [0.1, 0.15) is 0 Å². The van der Waals surface area contributed by atoms with E-state index < -0.39 is 68.6 Å². The van der Waals surface area contributed by atoms with Crippen molar-refractivity contribution in [3.05, 3.63) is 0 Å². The van der Waals surface area contributed by atoms with Crippen LogP contribution in [0.3, 0.4) is 0 Å². The summed E-state index contributed by atoms with van der Waals surface area (Å²) in [6.45, 7) is -1.01. The molecular formula is C6H20N2O12P4Sm. The fourth-order valence-electron chi connectivity index (χ4n) is 1.70. The molecule has 0 rings (SSSR count). The maximum atomic E-state index is 11.0. The van der Waals surface area contributed by atoms with Crippen molar-refractivity contribution in [2.75, 3.05) is 38.2 Å². The third kappa shape index (κ3) is 20.4. The number of nitrogens with zero attached hydrogens (tertiary/aromatic N) is 2. The monoisotopic (exact) mass is 589 g/mol. The molecule has 152 valence electrons. The Morgan fingerprint density at radius 1 is 0.480 bits per heavy atom. The van der Waals surface area contributed by atoms with Crippen LogP contribution < -0.4 is 0 Å². The largest absolute Gasteiger partial charge is 0.339 e. The van der Waals surface area contributed by atoms with E-state index in [0.717, 1.165) is 0 Å². The van der Waals surface area contributed by atoms with Gasteiger partial charge in [0.1, 0.15) is 25.1 Å². The Morgan fingerprint density at radius 2 is 0.640 bits per heavy atom. The van der Waals surface area contributed by atoms with Crippen molar-refractivity contribution in [3.63, 3.8) is 0 Å². The van der Waals surface area contributed by atoms with E-state index in [2.05, 4.69) is 0 Å². The average molecular weight is 589 g/mol. The van der Waals surface area contributed by atoms with Gasteiger partial charge >= 0.3 is 30.4 Å². The molecule has 0 saturated carbocycles. The van der Waals surface area contributed by atoms with Gasteiger partial charge in [-0.25, -0.2) is 0 Å². The molecule has 0 aliphatic carbocycles. The molecule has 0 radical (unpaired) electrons. The summed E-state index contributed by atoms with van der Waals surface area (Å²) in [5.74, 6) is 0. The first kappa shape index (κ1) is 29.1. The van der Waals surface area contributed by atoms with Crippen molar-refractivity contribution < 1.29 is 97.8 Å². The minimum absolute atomic E-state index is 0. The average Bonchev–Trinajstić information content (AvgIpc) is 2.16. The van der Waals surface area contributed by atoms with E-state index in [1.807, 2.05) is 0 Å². The van der Waals surface area contributed by atoms with Crippen LogP contribution in [0.2, 0.25) is 0 Å². The normalized spacial score (nSPS) is 14.0. The van der Waals surface area contributed by atoms with Crippen molar-refractivity contribution in [2.24, 2.45) is 0 Å². The zero-order chi connectivity index (χ0) is 19.4. The maximum absolute atomic E-state index is 11.0. The molecule has 19 heteroatoms. The van der Waals surface area contributed by atoms with E-state index in [4.69, 9.17) is 39.1 Å². The van der Waals surface area contributed by atoms with Gasteiger partial charge in [-0.1, -0.05) is 0 Å². The third-order valence-corrected chi connectivity index (χ3v) is 5.34. The molecule has 0 heterocycles. The topological polar surface area (TPSA) is 237 Å². The predicted molar refractivity (Wildman–Crippen MR) is 81.1 cm³/mol. The Bertz CT molecular complexity index is 492. The van der Waals surface area contributed by atoms with Gasteiger partial charge in [-0.05, 0) is 0 Å². The molecule has 8 N–H and O–H groups in total. The zero-order valence-electron chi connectivity index (χ0n) is 12.5. The van der Waals surface area contributed by atoms with Gasteiger partial charge in [-0.3, -0.25) is 28.1 Å². The molecule has 0 atom stereocenters. The summed E-state index contributed by atoms with van der Waals surface area (Å²) in [7, 11) is -18.8. The summed E-state index contributed by atoms with van der Waals surface area (Å²) in [5.41, 5.74) is 0. The van der Waals surface area contributed by atoms with Gasteiger partial charge in [0.25, 0.3) is 0 Å². The van der Waals surface area contributed by atoms with E-state index in [9.17, 15) is 18.3 Å². The molecule has 0 aromatic heterocycles. The molecule has 0 spiro atoms. The third-order valence-electron chi connectivity index (χ3n) is 2.27. The summed E-state index contributed by atoms with van der Waals surface area (Å²) in [5, 5.41) is 0. The number of rotatable bonds is 11. The van der Waals surface area contributed by atoms with Crippen molar-refractivity contribution >= 4 is 30.4 Å². The van der Waals surface area contributed by atoms with Gasteiger partial charge in [-0.2, -0.15) is 0 Å². The van der Waals surface area contributed by atoms with Gasteiger partial charge in [0.05, 0.1) is 0 Å². The fourth-order valence-corrected chi connectivity index (χ4v) is 5.06. The van der Waals surface area contributed by atoms with Crippen LogP contribution in [-0.2, 0) is 18.3 Å². The van der Waals surface area contributed by atoms with E-state index in [1.54, 1.807) is 0 Å². The Hall–Kier alpha value is 1.86. The summed E-state index contributed by atoms with van der Waals surface area (Å²) in [6.07, 6.45) is -4.18. The second-order valence-corrected chi connectivity index (χ2v) is 11.5. The minimum Gasteiger partial charge on any atom is -0.324 e. The zero-order valence-corrected chi connectivity index (χ0v) is 18.7. The van der Waals surface area contributed by atoms with Gasteiger partial charge in [0.15, 0.2) is 0 Å². The first-order valence-electron chi connectivity index (χ1n) is 5.99. The standard InChI is InChI=1S/C6H20N2O12P4.Sm/c9-21(10,11)3-7(4-22(12,13)14)1-2-8(5-23(15,16)17)6-24(18,19)20;/h1-6H2,(H2,9,10,11)(H2,12,13,14)(H2,15,16,17)(H2,18,19,20);/i;1+3. The summed E-state index contributed by atoms with van der Waals surface area (Å²) < 4.78 is 43.9. The van der Waals surface area contributed by atoms with Crippen LogP contribution in [0, 0.1) is 40.4 Å². The Kier molecular flexibility index (Phi) is 13.0. The molecule has 0 aliphatic heterocycles. The second kappa shape index (κ2) is 11.1. The minimum atomic E-state index is -4.69. The van der Waals surface area contributed by atoms with E-state index in [-0.39, 0.29) is 40.4 Å². The Balaban J connectivity index is 0. The Morgan fingerprint density at radius 3 is 0.760 bits per heavy atom. The summed E-state index contributed by atoms with van der Waals surface area (Å²) in [4.78, 5) is 72.3. The molecule has 0 aromatic carbocycles. The molecule has 0 aliphatic rings. The van der Waals surface area contributed by atoms with Crippen LogP contribution >= 0.6 is 30.4 Å². The molecule has 0 saturated heterocycles. The van der Waals surface area contributed by atoms with Crippen molar-refractivity contribution in [1.29, 1.82) is 0 Å². The van der Waals surface area contributed by atoms with Crippen LogP contribution in [0.4, 0.5) is 0 Å². The van der Waals surface area contributed by atoms with E-state index in [1.165, 1.54) is 0 Å². The van der Waals surface area contributed by atoms with Crippen molar-refractivity contribution in [3.8, 4) is 0 Å². The first-order chi connectivity index (χ1) is 10.4. The van der Waals surface area contributed by atoms with Crippen LogP contribution in [0.25, 0.3) is 0 Å². The maximum Gasteiger partial charge on any atom is 0.339 e. The van der Waals surface area contributed by atoms with Crippen LogP contribution in [0.15, 0.2) is 0 Å². The molecule has 25 heavy (non-hydrogen) atoms. The van der Waals surface area contributed by atoms with E-state index >= 15 is 0 Å². The van der Waals surface area contributed by atoms with Gasteiger partial charge in [0.2, 0.25) is 0 Å². The van der Waals surface area contributed by atoms with Crippen molar-refractivity contribution in [1.82, 2.24) is 9.80 Å². The summed E-state index contributed by atoms with van der Waals surface area (Å²) in [6, 6.07) is 0. The van der Waals surface area contributed by atoms with Crippen molar-refractivity contribution in [2.45, 2.75) is 0 Å². The SMILES string of the molecule is O=P(O)(O)CN(CCN(CP(=O)(O)O)CP(=O)(O)O)CP(=O)(O)O.[153Sm]. The second-order valence-electron chi connectivity index (χ2n) is 5.01. The quantitative estimate of drug-likeness (QED) is 0.123. The molecule has 0 amide bonds. The van der Waals surface area contributed by atoms with Gasteiger partial charge in [-0.15, -0.1) is 0 Å².